The fourth-order valence-electron chi connectivity index (χ4n) is 1.86. The van der Waals surface area contributed by atoms with E-state index < -0.39 is 12.0 Å². The van der Waals surface area contributed by atoms with E-state index in [2.05, 4.69) is 5.32 Å². The molecule has 5 heteroatoms. The Morgan fingerprint density at radius 3 is 2.62 bits per heavy atom. The molecule has 1 aromatic rings. The molecule has 0 fully saturated rings. The van der Waals surface area contributed by atoms with Crippen LogP contribution in [0.1, 0.15) is 38.2 Å². The summed E-state index contributed by atoms with van der Waals surface area (Å²) >= 11 is 0. The van der Waals surface area contributed by atoms with Crippen LogP contribution in [0.15, 0.2) is 30.3 Å². The largest absolute Gasteiger partial charge is 0.480 e. The predicted molar refractivity (Wildman–Crippen MR) is 79.8 cm³/mol. The second kappa shape index (κ2) is 9.94. The molecule has 1 amide bonds. The standard InChI is InChI=1S/C16H23NO4/c1-2-3-9-14(16(19)20)17-15(18)10-11-21-12-13-7-5-4-6-8-13/h4-8,14H,2-3,9-12H2,1H3,(H,17,18)(H,19,20)/t14-/m0/s1. The van der Waals surface area contributed by atoms with E-state index >= 15 is 0 Å². The summed E-state index contributed by atoms with van der Waals surface area (Å²) < 4.78 is 5.41. The Morgan fingerprint density at radius 1 is 1.29 bits per heavy atom. The fourth-order valence-corrected chi connectivity index (χ4v) is 1.86. The van der Waals surface area contributed by atoms with Crippen molar-refractivity contribution >= 4 is 11.9 Å². The van der Waals surface area contributed by atoms with Gasteiger partial charge in [-0.2, -0.15) is 0 Å². The van der Waals surface area contributed by atoms with Crippen molar-refractivity contribution in [2.45, 2.75) is 45.3 Å². The van der Waals surface area contributed by atoms with Crippen molar-refractivity contribution in [3.8, 4) is 0 Å². The van der Waals surface area contributed by atoms with Gasteiger partial charge in [0.05, 0.1) is 13.2 Å². The number of aliphatic carboxylic acids is 1. The number of benzene rings is 1. The molecular formula is C16H23NO4. The van der Waals surface area contributed by atoms with Gasteiger partial charge in [-0.3, -0.25) is 4.79 Å². The maximum absolute atomic E-state index is 11.7. The number of rotatable bonds is 10. The van der Waals surface area contributed by atoms with Crippen LogP contribution in [0.2, 0.25) is 0 Å². The molecular weight excluding hydrogens is 270 g/mol. The highest BCUT2D eigenvalue weighted by atomic mass is 16.5. The zero-order valence-electron chi connectivity index (χ0n) is 12.4. The highest BCUT2D eigenvalue weighted by Gasteiger charge is 2.18. The van der Waals surface area contributed by atoms with Crippen molar-refractivity contribution in [1.29, 1.82) is 0 Å². The summed E-state index contributed by atoms with van der Waals surface area (Å²) in [5.74, 6) is -1.27. The first-order chi connectivity index (χ1) is 10.1. The van der Waals surface area contributed by atoms with E-state index in [1.54, 1.807) is 0 Å². The number of nitrogens with one attached hydrogen (secondary N) is 1. The predicted octanol–water partition coefficient (Wildman–Crippen LogP) is 2.35. The van der Waals surface area contributed by atoms with Gasteiger partial charge in [0.15, 0.2) is 0 Å². The van der Waals surface area contributed by atoms with Crippen LogP contribution in [0.5, 0.6) is 0 Å². The molecule has 0 saturated heterocycles. The SMILES string of the molecule is CCCC[C@H](NC(=O)CCOCc1ccccc1)C(=O)O. The lowest BCUT2D eigenvalue weighted by molar-refractivity contribution is -0.142. The molecule has 2 N–H and O–H groups in total. The van der Waals surface area contributed by atoms with Crippen LogP contribution in [0.3, 0.4) is 0 Å². The van der Waals surface area contributed by atoms with E-state index in [1.165, 1.54) is 0 Å². The molecule has 1 atom stereocenters. The molecule has 116 valence electrons. The van der Waals surface area contributed by atoms with Crippen LogP contribution in [-0.4, -0.2) is 29.6 Å². The molecule has 0 bridgehead atoms. The van der Waals surface area contributed by atoms with Crippen molar-refractivity contribution < 1.29 is 19.4 Å². The van der Waals surface area contributed by atoms with Gasteiger partial charge in [-0.15, -0.1) is 0 Å². The maximum atomic E-state index is 11.7. The molecule has 0 heterocycles. The number of amides is 1. The first-order valence-electron chi connectivity index (χ1n) is 7.27. The van der Waals surface area contributed by atoms with Gasteiger partial charge in [0.1, 0.15) is 6.04 Å². The van der Waals surface area contributed by atoms with Crippen LogP contribution >= 0.6 is 0 Å². The van der Waals surface area contributed by atoms with Crippen molar-refractivity contribution in [2.24, 2.45) is 0 Å². The minimum absolute atomic E-state index is 0.169. The van der Waals surface area contributed by atoms with E-state index in [0.29, 0.717) is 13.0 Å². The zero-order valence-corrected chi connectivity index (χ0v) is 12.4. The van der Waals surface area contributed by atoms with Gasteiger partial charge in [-0.05, 0) is 12.0 Å². The molecule has 0 aliphatic heterocycles. The summed E-state index contributed by atoms with van der Waals surface area (Å²) in [7, 11) is 0. The third-order valence-electron chi connectivity index (χ3n) is 3.06. The number of carboxylic acid groups (broad SMARTS) is 1. The molecule has 1 rings (SSSR count). The van der Waals surface area contributed by atoms with E-state index in [1.807, 2.05) is 37.3 Å². The number of hydrogen-bond donors (Lipinski definition) is 2. The second-order valence-corrected chi connectivity index (χ2v) is 4.89. The number of unbranched alkanes of at least 4 members (excludes halogenated alkanes) is 1. The molecule has 0 aliphatic rings. The van der Waals surface area contributed by atoms with Gasteiger partial charge in [0, 0.05) is 6.42 Å². The van der Waals surface area contributed by atoms with E-state index in [9.17, 15) is 9.59 Å². The Labute approximate surface area is 125 Å². The second-order valence-electron chi connectivity index (χ2n) is 4.89. The topological polar surface area (TPSA) is 75.6 Å². The van der Waals surface area contributed by atoms with Crippen LogP contribution in [0, 0.1) is 0 Å². The highest BCUT2D eigenvalue weighted by Crippen LogP contribution is 2.03. The molecule has 0 unspecified atom stereocenters. The molecule has 0 saturated carbocycles. The van der Waals surface area contributed by atoms with Crippen molar-refractivity contribution in [3.63, 3.8) is 0 Å². The third kappa shape index (κ3) is 7.46. The van der Waals surface area contributed by atoms with Gasteiger partial charge in [-0.1, -0.05) is 50.1 Å². The number of ether oxygens (including phenoxy) is 1. The van der Waals surface area contributed by atoms with Gasteiger partial charge in [0.2, 0.25) is 5.91 Å². The lowest BCUT2D eigenvalue weighted by atomic mass is 10.1. The van der Waals surface area contributed by atoms with E-state index in [0.717, 1.165) is 18.4 Å². The first kappa shape index (κ1) is 17.2. The molecule has 1 aromatic carbocycles. The van der Waals surface area contributed by atoms with E-state index in [-0.39, 0.29) is 18.9 Å². The third-order valence-corrected chi connectivity index (χ3v) is 3.06. The minimum Gasteiger partial charge on any atom is -0.480 e. The summed E-state index contributed by atoms with van der Waals surface area (Å²) in [6.07, 6.45) is 2.31. The molecule has 21 heavy (non-hydrogen) atoms. The highest BCUT2D eigenvalue weighted by molar-refractivity contribution is 5.83. The maximum Gasteiger partial charge on any atom is 0.326 e. The number of carbonyl (C=O) groups excluding carboxylic acids is 1. The molecule has 0 aromatic heterocycles. The fraction of sp³-hybridized carbons (Fsp3) is 0.500. The number of carboxylic acids is 1. The van der Waals surface area contributed by atoms with Gasteiger partial charge < -0.3 is 15.2 Å². The van der Waals surface area contributed by atoms with Crippen LogP contribution in [-0.2, 0) is 20.9 Å². The van der Waals surface area contributed by atoms with Crippen molar-refractivity contribution in [3.05, 3.63) is 35.9 Å². The van der Waals surface area contributed by atoms with Crippen molar-refractivity contribution in [1.82, 2.24) is 5.32 Å². The Balaban J connectivity index is 2.21. The zero-order chi connectivity index (χ0) is 15.5. The molecule has 0 aliphatic carbocycles. The first-order valence-corrected chi connectivity index (χ1v) is 7.27. The van der Waals surface area contributed by atoms with Crippen LogP contribution < -0.4 is 5.32 Å². The summed E-state index contributed by atoms with van der Waals surface area (Å²) in [6.45, 7) is 2.71. The molecule has 0 radical (unpaired) electrons. The lowest BCUT2D eigenvalue weighted by Crippen LogP contribution is -2.41. The Hall–Kier alpha value is -1.88. The molecule has 5 nitrogen and oxygen atoms in total. The monoisotopic (exact) mass is 293 g/mol. The lowest BCUT2D eigenvalue weighted by Gasteiger charge is -2.14. The molecule has 0 spiro atoms. The van der Waals surface area contributed by atoms with Gasteiger partial charge in [-0.25, -0.2) is 4.79 Å². The number of carbonyl (C=O) groups is 2. The Morgan fingerprint density at radius 2 is 2.00 bits per heavy atom. The minimum atomic E-state index is -0.984. The number of hydrogen-bond acceptors (Lipinski definition) is 3. The normalized spacial score (nSPS) is 11.9. The average Bonchev–Trinajstić information content (AvgIpc) is 2.48. The summed E-state index contributed by atoms with van der Waals surface area (Å²) in [4.78, 5) is 22.7. The Bertz CT molecular complexity index is 433. The van der Waals surface area contributed by atoms with Gasteiger partial charge in [0.25, 0.3) is 0 Å². The average molecular weight is 293 g/mol. The summed E-state index contributed by atoms with van der Waals surface area (Å²) in [5, 5.41) is 11.6. The summed E-state index contributed by atoms with van der Waals surface area (Å²) in [6, 6.07) is 8.88. The van der Waals surface area contributed by atoms with Gasteiger partial charge >= 0.3 is 5.97 Å². The van der Waals surface area contributed by atoms with Crippen molar-refractivity contribution in [2.75, 3.05) is 6.61 Å². The summed E-state index contributed by atoms with van der Waals surface area (Å²) in [5.41, 5.74) is 1.05. The van der Waals surface area contributed by atoms with E-state index in [4.69, 9.17) is 9.84 Å². The van der Waals surface area contributed by atoms with Crippen LogP contribution in [0.4, 0.5) is 0 Å². The quantitative estimate of drug-likeness (QED) is 0.649. The Kier molecular flexibility index (Phi) is 8.12. The smallest absolute Gasteiger partial charge is 0.326 e. The van der Waals surface area contributed by atoms with Crippen LogP contribution in [0.25, 0.3) is 0 Å².